The molecule has 0 radical (unpaired) electrons. The number of rotatable bonds is 3. The zero-order chi connectivity index (χ0) is 14.3. The van der Waals surface area contributed by atoms with Crippen molar-refractivity contribution in [2.24, 2.45) is 5.73 Å². The van der Waals surface area contributed by atoms with Gasteiger partial charge in [-0.15, -0.1) is 0 Å². The molecule has 1 aliphatic carbocycles. The number of hydrogen-bond acceptors (Lipinski definition) is 3. The molecular weight excluding hydrogens is 257 g/mol. The minimum atomic E-state index is -4.77. The highest BCUT2D eigenvalue weighted by Gasteiger charge is 2.63. The summed E-state index contributed by atoms with van der Waals surface area (Å²) in [5.41, 5.74) is 3.75. The average Bonchev–Trinajstić information content (AvgIpc) is 2.79. The lowest BCUT2D eigenvalue weighted by Gasteiger charge is -2.39. The van der Waals surface area contributed by atoms with Crippen molar-refractivity contribution in [3.8, 4) is 0 Å². The summed E-state index contributed by atoms with van der Waals surface area (Å²) in [7, 11) is 0. The van der Waals surface area contributed by atoms with Gasteiger partial charge in [0.15, 0.2) is 5.60 Å². The fourth-order valence-electron chi connectivity index (χ4n) is 2.82. The Hall–Kier alpha value is -1.14. The van der Waals surface area contributed by atoms with Crippen LogP contribution in [0.2, 0.25) is 0 Å². The van der Waals surface area contributed by atoms with Crippen LogP contribution < -0.4 is 5.73 Å². The molecular formula is C13H17F3N2O. The average molecular weight is 274 g/mol. The van der Waals surface area contributed by atoms with Gasteiger partial charge in [-0.2, -0.15) is 13.2 Å². The molecule has 1 aliphatic rings. The highest BCUT2D eigenvalue weighted by Crippen LogP contribution is 2.48. The summed E-state index contributed by atoms with van der Waals surface area (Å²) < 4.78 is 40.0. The second-order valence-corrected chi connectivity index (χ2v) is 4.98. The normalized spacial score (nSPS) is 23.8. The third kappa shape index (κ3) is 2.12. The van der Waals surface area contributed by atoms with Crippen LogP contribution in [-0.4, -0.2) is 27.9 Å². The quantitative estimate of drug-likeness (QED) is 0.887. The molecule has 1 aromatic rings. The van der Waals surface area contributed by atoms with Gasteiger partial charge in [-0.05, 0) is 30.9 Å². The van der Waals surface area contributed by atoms with Gasteiger partial charge in [0.25, 0.3) is 0 Å². The molecule has 2 rings (SSSR count). The first-order chi connectivity index (χ1) is 8.82. The van der Waals surface area contributed by atoms with Crippen molar-refractivity contribution in [2.75, 3.05) is 0 Å². The standard InChI is InChI=1S/C13H17F3N2O/c1-2-10(17)12(19,13(14,15)16)9-6-5-8-4-3-7-18-11(8)9/h3-4,7,9-10,19H,2,5-6,17H2,1H3. The Kier molecular flexibility index (Phi) is 3.57. The monoisotopic (exact) mass is 274 g/mol. The number of nitrogens with two attached hydrogens (primary N) is 1. The summed E-state index contributed by atoms with van der Waals surface area (Å²) in [6.45, 7) is 1.54. The van der Waals surface area contributed by atoms with E-state index in [0.29, 0.717) is 12.1 Å². The first-order valence-electron chi connectivity index (χ1n) is 6.30. The predicted molar refractivity (Wildman–Crippen MR) is 64.6 cm³/mol. The molecule has 3 unspecified atom stereocenters. The Labute approximate surface area is 109 Å². The van der Waals surface area contributed by atoms with Crippen molar-refractivity contribution < 1.29 is 18.3 Å². The molecule has 0 aromatic carbocycles. The van der Waals surface area contributed by atoms with Crippen molar-refractivity contribution >= 4 is 0 Å². The molecule has 19 heavy (non-hydrogen) atoms. The van der Waals surface area contributed by atoms with Crippen LogP contribution in [0.5, 0.6) is 0 Å². The Bertz CT molecular complexity index is 463. The van der Waals surface area contributed by atoms with E-state index in [0.717, 1.165) is 5.56 Å². The number of fused-ring (bicyclic) bond motifs is 1. The van der Waals surface area contributed by atoms with E-state index in [1.165, 1.54) is 13.1 Å². The van der Waals surface area contributed by atoms with Crippen molar-refractivity contribution in [3.63, 3.8) is 0 Å². The van der Waals surface area contributed by atoms with Crippen molar-refractivity contribution in [1.82, 2.24) is 4.98 Å². The predicted octanol–water partition coefficient (Wildman–Crippen LogP) is 2.14. The molecule has 0 amide bonds. The molecule has 3 nitrogen and oxygen atoms in total. The largest absolute Gasteiger partial charge is 0.419 e. The molecule has 0 spiro atoms. The van der Waals surface area contributed by atoms with Crippen LogP contribution in [0.15, 0.2) is 18.3 Å². The van der Waals surface area contributed by atoms with E-state index in [2.05, 4.69) is 4.98 Å². The van der Waals surface area contributed by atoms with Gasteiger partial charge >= 0.3 is 6.18 Å². The lowest BCUT2D eigenvalue weighted by Crippen LogP contribution is -2.61. The molecule has 1 heterocycles. The summed E-state index contributed by atoms with van der Waals surface area (Å²) in [4.78, 5) is 4.02. The number of alkyl halides is 3. The number of aryl methyl sites for hydroxylation is 1. The van der Waals surface area contributed by atoms with Crippen molar-refractivity contribution in [1.29, 1.82) is 0 Å². The maximum absolute atomic E-state index is 13.3. The summed E-state index contributed by atoms with van der Waals surface area (Å²) in [6, 6.07) is 2.08. The fourth-order valence-corrected chi connectivity index (χ4v) is 2.82. The summed E-state index contributed by atoms with van der Waals surface area (Å²) >= 11 is 0. The molecule has 3 N–H and O–H groups in total. The highest BCUT2D eigenvalue weighted by molar-refractivity contribution is 5.32. The molecule has 0 saturated carbocycles. The molecule has 0 bridgehead atoms. The molecule has 6 heteroatoms. The number of nitrogens with zero attached hydrogens (tertiary/aromatic N) is 1. The minimum Gasteiger partial charge on any atom is -0.379 e. The van der Waals surface area contributed by atoms with Crippen LogP contribution in [0, 0.1) is 0 Å². The molecule has 1 aromatic heterocycles. The summed E-state index contributed by atoms with van der Waals surface area (Å²) in [6.07, 6.45) is -2.56. The maximum atomic E-state index is 13.3. The van der Waals surface area contributed by atoms with E-state index >= 15 is 0 Å². The Morgan fingerprint density at radius 2 is 2.21 bits per heavy atom. The Morgan fingerprint density at radius 1 is 1.53 bits per heavy atom. The van der Waals surface area contributed by atoms with Gasteiger partial charge in [0, 0.05) is 23.9 Å². The van der Waals surface area contributed by atoms with Crippen LogP contribution in [0.25, 0.3) is 0 Å². The molecule has 106 valence electrons. The van der Waals surface area contributed by atoms with Gasteiger partial charge in [0.2, 0.25) is 0 Å². The van der Waals surface area contributed by atoms with Gasteiger partial charge in [0.1, 0.15) is 0 Å². The van der Waals surface area contributed by atoms with Gasteiger partial charge in [-0.25, -0.2) is 0 Å². The maximum Gasteiger partial charge on any atom is 0.419 e. The zero-order valence-corrected chi connectivity index (χ0v) is 10.6. The van der Waals surface area contributed by atoms with Gasteiger partial charge in [-0.3, -0.25) is 4.98 Å². The number of hydrogen-bond donors (Lipinski definition) is 2. The first kappa shape index (κ1) is 14.3. The second kappa shape index (κ2) is 4.76. The second-order valence-electron chi connectivity index (χ2n) is 4.98. The van der Waals surface area contributed by atoms with Gasteiger partial charge in [-0.1, -0.05) is 13.0 Å². The minimum absolute atomic E-state index is 0.0503. The van der Waals surface area contributed by atoms with E-state index < -0.39 is 23.7 Å². The smallest absolute Gasteiger partial charge is 0.379 e. The van der Waals surface area contributed by atoms with Crippen molar-refractivity contribution in [3.05, 3.63) is 29.6 Å². The van der Waals surface area contributed by atoms with E-state index in [4.69, 9.17) is 5.73 Å². The van der Waals surface area contributed by atoms with E-state index in [-0.39, 0.29) is 12.8 Å². The van der Waals surface area contributed by atoms with Crippen LogP contribution in [0.3, 0.4) is 0 Å². The van der Waals surface area contributed by atoms with Crippen LogP contribution in [0.1, 0.15) is 36.9 Å². The number of aromatic nitrogens is 1. The molecule has 0 aliphatic heterocycles. The lowest BCUT2D eigenvalue weighted by atomic mass is 9.78. The first-order valence-corrected chi connectivity index (χ1v) is 6.30. The molecule has 3 atom stereocenters. The van der Waals surface area contributed by atoms with Crippen LogP contribution in [0.4, 0.5) is 13.2 Å². The van der Waals surface area contributed by atoms with Gasteiger partial charge in [0.05, 0.1) is 0 Å². The van der Waals surface area contributed by atoms with Crippen LogP contribution >= 0.6 is 0 Å². The van der Waals surface area contributed by atoms with Crippen molar-refractivity contribution in [2.45, 2.75) is 49.9 Å². The van der Waals surface area contributed by atoms with E-state index in [9.17, 15) is 18.3 Å². The van der Waals surface area contributed by atoms with Crippen LogP contribution in [-0.2, 0) is 6.42 Å². The van der Waals surface area contributed by atoms with Gasteiger partial charge < -0.3 is 10.8 Å². The molecule has 0 saturated heterocycles. The fraction of sp³-hybridized carbons (Fsp3) is 0.615. The summed E-state index contributed by atoms with van der Waals surface area (Å²) in [5.74, 6) is -1.08. The topological polar surface area (TPSA) is 59.1 Å². The van der Waals surface area contributed by atoms with E-state index in [1.54, 1.807) is 12.1 Å². The Morgan fingerprint density at radius 3 is 2.79 bits per heavy atom. The number of aliphatic hydroxyl groups is 1. The Balaban J connectivity index is 2.48. The lowest BCUT2D eigenvalue weighted by molar-refractivity contribution is -0.277. The third-order valence-corrected chi connectivity index (χ3v) is 3.95. The van der Waals surface area contributed by atoms with E-state index in [1.807, 2.05) is 0 Å². The summed E-state index contributed by atoms with van der Waals surface area (Å²) in [5, 5.41) is 10.3. The number of halogens is 3. The third-order valence-electron chi connectivity index (χ3n) is 3.95. The highest BCUT2D eigenvalue weighted by atomic mass is 19.4. The molecule has 0 fully saturated rings. The zero-order valence-electron chi connectivity index (χ0n) is 10.6. The number of pyridine rings is 1. The SMILES string of the molecule is CCC(N)C(O)(C1CCc2cccnc21)C(F)(F)F.